The lowest BCUT2D eigenvalue weighted by Crippen LogP contribution is -2.64. The second kappa shape index (κ2) is 8.90. The predicted molar refractivity (Wildman–Crippen MR) is 105 cm³/mol. The van der Waals surface area contributed by atoms with Crippen molar-refractivity contribution >= 4 is 28.2 Å². The predicted octanol–water partition coefficient (Wildman–Crippen LogP) is 6.48. The molecule has 34 heavy (non-hydrogen) atoms. The van der Waals surface area contributed by atoms with Gasteiger partial charge in [0.2, 0.25) is 0 Å². The van der Waals surface area contributed by atoms with Crippen LogP contribution in [0.15, 0.2) is 0 Å². The summed E-state index contributed by atoms with van der Waals surface area (Å²) in [6.45, 7) is 7.06. The zero-order valence-corrected chi connectivity index (χ0v) is 19.3. The Kier molecular flexibility index (Phi) is 7.40. The number of carbonyl (C=O) groups excluding carboxylic acids is 2. The Morgan fingerprint density at radius 2 is 1.56 bits per heavy atom. The Balaban J connectivity index is 2.49. The van der Waals surface area contributed by atoms with Gasteiger partial charge in [-0.2, -0.15) is 39.5 Å². The molecule has 1 heterocycles. The van der Waals surface area contributed by atoms with Crippen LogP contribution in [0.25, 0.3) is 0 Å². The summed E-state index contributed by atoms with van der Waals surface area (Å²) >= 11 is 0.583. The third kappa shape index (κ3) is 4.74. The maximum Gasteiger partial charge on any atom is 0.460 e. The summed E-state index contributed by atoms with van der Waals surface area (Å²) in [4.78, 5) is 24.8. The van der Waals surface area contributed by atoms with Crippen LogP contribution in [0.5, 0.6) is 0 Å². The molecule has 0 saturated carbocycles. The number of nitrogens with one attached hydrogen (secondary N) is 1. The van der Waals surface area contributed by atoms with Crippen LogP contribution in [0.3, 0.4) is 0 Å². The van der Waals surface area contributed by atoms with Crippen LogP contribution < -0.4 is 5.32 Å². The van der Waals surface area contributed by atoms with Crippen LogP contribution in [0, 0.1) is 11.3 Å². The van der Waals surface area contributed by atoms with E-state index >= 15 is 0 Å². The van der Waals surface area contributed by atoms with Crippen LogP contribution in [0.4, 0.5) is 44.5 Å². The van der Waals surface area contributed by atoms with Crippen molar-refractivity contribution in [2.75, 3.05) is 11.9 Å². The minimum absolute atomic E-state index is 0.0634. The molecule has 0 aromatic carbocycles. The van der Waals surface area contributed by atoms with Crippen molar-refractivity contribution in [1.29, 1.82) is 0 Å². The summed E-state index contributed by atoms with van der Waals surface area (Å²) in [5, 5.41) is 0.592. The summed E-state index contributed by atoms with van der Waals surface area (Å²) in [7, 11) is 0. The molecular formula is C20H22F9NO3S. The van der Waals surface area contributed by atoms with Gasteiger partial charge in [0.05, 0.1) is 12.2 Å². The second-order valence-electron chi connectivity index (χ2n) is 8.91. The van der Waals surface area contributed by atoms with E-state index in [1.165, 1.54) is 12.2 Å². The lowest BCUT2D eigenvalue weighted by Gasteiger charge is -2.33. The fraction of sp³-hybridized carbons (Fsp3) is 0.700. The lowest BCUT2D eigenvalue weighted by atomic mass is 9.72. The number of fused-ring (bicyclic) bond motifs is 1. The zero-order valence-electron chi connectivity index (χ0n) is 18.4. The van der Waals surface area contributed by atoms with Crippen LogP contribution >= 0.6 is 11.3 Å². The van der Waals surface area contributed by atoms with E-state index in [2.05, 4.69) is 0 Å². The molecule has 1 amide bonds. The third-order valence-electron chi connectivity index (χ3n) is 5.63. The molecule has 1 aliphatic rings. The van der Waals surface area contributed by atoms with Crippen molar-refractivity contribution in [2.45, 2.75) is 70.9 Å². The molecule has 1 atom stereocenters. The first-order valence-corrected chi connectivity index (χ1v) is 10.8. The van der Waals surface area contributed by atoms with Gasteiger partial charge in [-0.25, -0.2) is 4.79 Å². The number of esters is 1. The number of ether oxygens (including phenoxy) is 1. The molecule has 0 bridgehead atoms. The summed E-state index contributed by atoms with van der Waals surface area (Å²) in [6, 6.07) is 0. The number of amides is 1. The highest BCUT2D eigenvalue weighted by Crippen LogP contribution is 2.53. The number of thiophene rings is 1. The molecule has 1 aromatic heterocycles. The number of hydrogen-bond donors (Lipinski definition) is 1. The first-order chi connectivity index (χ1) is 15.2. The maximum absolute atomic E-state index is 14.0. The minimum Gasteiger partial charge on any atom is -0.462 e. The van der Waals surface area contributed by atoms with Gasteiger partial charge in [-0.3, -0.25) is 4.79 Å². The molecule has 14 heteroatoms. The average Bonchev–Trinajstić information content (AvgIpc) is 3.03. The quantitative estimate of drug-likeness (QED) is 0.340. The average molecular weight is 527 g/mol. The molecule has 0 spiro atoms. The van der Waals surface area contributed by atoms with E-state index in [0.717, 1.165) is 0 Å². The number of alkyl halides is 9. The van der Waals surface area contributed by atoms with E-state index in [9.17, 15) is 49.1 Å². The van der Waals surface area contributed by atoms with Crippen molar-refractivity contribution in [2.24, 2.45) is 11.3 Å². The molecule has 1 aliphatic carbocycles. The molecule has 1 aromatic rings. The second-order valence-corrected chi connectivity index (χ2v) is 10.0. The molecule has 0 saturated heterocycles. The normalized spacial score (nSPS) is 17.9. The molecule has 0 radical (unpaired) electrons. The maximum atomic E-state index is 14.0. The van der Waals surface area contributed by atoms with E-state index in [1.54, 1.807) is 0 Å². The summed E-state index contributed by atoms with van der Waals surface area (Å²) in [6.07, 6.45) is -5.92. The SMILES string of the molecule is CCOC(=O)c1c(NC(=O)C(F)(F)C(F)(F)C(F)(F)C(F)(F)F)sc2c1CCC(C(C)(C)C)C2. The third-order valence-corrected chi connectivity index (χ3v) is 6.80. The van der Waals surface area contributed by atoms with Gasteiger partial charge < -0.3 is 10.1 Å². The first kappa shape index (κ1) is 28.2. The number of rotatable bonds is 6. The van der Waals surface area contributed by atoms with Crippen molar-refractivity contribution in [3.8, 4) is 0 Å². The van der Waals surface area contributed by atoms with Crippen molar-refractivity contribution in [3.05, 3.63) is 16.0 Å². The van der Waals surface area contributed by atoms with E-state index < -0.39 is 46.4 Å². The van der Waals surface area contributed by atoms with Gasteiger partial charge in [0.25, 0.3) is 0 Å². The Labute approximate surface area is 192 Å². The molecule has 4 nitrogen and oxygen atoms in total. The van der Waals surface area contributed by atoms with Crippen LogP contribution in [0.2, 0.25) is 0 Å². The van der Waals surface area contributed by atoms with E-state index in [0.29, 0.717) is 34.6 Å². The van der Waals surface area contributed by atoms with Crippen LogP contribution in [-0.4, -0.2) is 42.4 Å². The van der Waals surface area contributed by atoms with Gasteiger partial charge in [0.15, 0.2) is 0 Å². The monoisotopic (exact) mass is 527 g/mol. The van der Waals surface area contributed by atoms with Crippen molar-refractivity contribution in [3.63, 3.8) is 0 Å². The number of hydrogen-bond acceptors (Lipinski definition) is 4. The highest BCUT2D eigenvalue weighted by molar-refractivity contribution is 7.17. The van der Waals surface area contributed by atoms with Gasteiger partial charge in [-0.1, -0.05) is 20.8 Å². The number of anilines is 1. The van der Waals surface area contributed by atoms with Crippen LogP contribution in [0.1, 0.15) is 54.9 Å². The van der Waals surface area contributed by atoms with Crippen molar-refractivity contribution in [1.82, 2.24) is 0 Å². The molecule has 1 N–H and O–H groups in total. The Hall–Kier alpha value is -1.99. The topological polar surface area (TPSA) is 55.4 Å². The van der Waals surface area contributed by atoms with Gasteiger partial charge in [-0.15, -0.1) is 11.3 Å². The van der Waals surface area contributed by atoms with Gasteiger partial charge >= 0.3 is 35.8 Å². The van der Waals surface area contributed by atoms with Crippen LogP contribution in [-0.2, 0) is 22.4 Å². The first-order valence-electron chi connectivity index (χ1n) is 10.0. The fourth-order valence-corrected chi connectivity index (χ4v) is 4.84. The zero-order chi connectivity index (χ0) is 26.5. The number of carbonyl (C=O) groups is 2. The lowest BCUT2D eigenvalue weighted by molar-refractivity contribution is -0.388. The molecule has 0 fully saturated rings. The Bertz CT molecular complexity index is 948. The fourth-order valence-electron chi connectivity index (χ4n) is 3.53. The molecule has 2 rings (SSSR count). The van der Waals surface area contributed by atoms with Gasteiger partial charge in [0, 0.05) is 4.88 Å². The minimum atomic E-state index is -7.21. The Morgan fingerprint density at radius 3 is 2.03 bits per heavy atom. The van der Waals surface area contributed by atoms with E-state index in [1.807, 2.05) is 20.8 Å². The van der Waals surface area contributed by atoms with E-state index in [-0.39, 0.29) is 24.4 Å². The van der Waals surface area contributed by atoms with Crippen molar-refractivity contribution < 1.29 is 53.8 Å². The summed E-state index contributed by atoms with van der Waals surface area (Å²) in [5.74, 6) is -24.9. The van der Waals surface area contributed by atoms with Gasteiger partial charge in [0.1, 0.15) is 5.00 Å². The molecule has 1 unspecified atom stereocenters. The Morgan fingerprint density at radius 1 is 1.00 bits per heavy atom. The number of halogens is 9. The molecule has 0 aliphatic heterocycles. The van der Waals surface area contributed by atoms with Gasteiger partial charge in [-0.05, 0) is 43.1 Å². The standard InChI is InChI=1S/C20H22F9NO3S/c1-5-33-14(31)12-10-7-6-9(16(2,3)4)8-11(10)34-13(12)30-15(32)17(21,22)18(23,24)19(25,26)20(27,28)29/h9H,5-8H2,1-4H3,(H,30,32). The highest BCUT2D eigenvalue weighted by atomic mass is 32.1. The highest BCUT2D eigenvalue weighted by Gasteiger charge is 2.83. The van der Waals surface area contributed by atoms with E-state index in [4.69, 9.17) is 4.74 Å². The smallest absolute Gasteiger partial charge is 0.460 e. The summed E-state index contributed by atoms with van der Waals surface area (Å²) < 4.78 is 124. The molecule has 194 valence electrons. The largest absolute Gasteiger partial charge is 0.462 e. The summed E-state index contributed by atoms with van der Waals surface area (Å²) in [5.41, 5.74) is -0.299. The molecular weight excluding hydrogens is 505 g/mol.